The van der Waals surface area contributed by atoms with Crippen molar-refractivity contribution in [2.45, 2.75) is 6.54 Å². The number of anilines is 2. The number of fused-ring (bicyclic) bond motifs is 1. The Morgan fingerprint density at radius 3 is 2.65 bits per heavy atom. The Morgan fingerprint density at radius 1 is 1.04 bits per heavy atom. The van der Waals surface area contributed by atoms with E-state index in [1.165, 1.54) is 5.56 Å². The summed E-state index contributed by atoms with van der Waals surface area (Å²) in [6.07, 6.45) is 0. The molecule has 4 rings (SSSR count). The number of carbonyl (C=O) groups is 1. The summed E-state index contributed by atoms with van der Waals surface area (Å²) in [6, 6.07) is 13.1. The van der Waals surface area contributed by atoms with Crippen LogP contribution in [0.5, 0.6) is 0 Å². The van der Waals surface area contributed by atoms with Crippen molar-refractivity contribution >= 4 is 40.2 Å². The summed E-state index contributed by atoms with van der Waals surface area (Å²) in [5, 5.41) is 5.72. The zero-order chi connectivity index (χ0) is 17.8. The van der Waals surface area contributed by atoms with Crippen molar-refractivity contribution in [3.05, 3.63) is 48.0 Å². The minimum absolute atomic E-state index is 0.281. The van der Waals surface area contributed by atoms with Crippen molar-refractivity contribution in [3.8, 4) is 0 Å². The average Bonchev–Trinajstić information content (AvgIpc) is 3.10. The van der Waals surface area contributed by atoms with Crippen LogP contribution >= 0.6 is 11.7 Å². The summed E-state index contributed by atoms with van der Waals surface area (Å²) in [7, 11) is 0. The molecule has 0 saturated carbocycles. The Labute approximate surface area is 155 Å². The van der Waals surface area contributed by atoms with E-state index in [1.807, 2.05) is 36.4 Å². The highest BCUT2D eigenvalue weighted by molar-refractivity contribution is 7.00. The van der Waals surface area contributed by atoms with Crippen molar-refractivity contribution in [1.82, 2.24) is 13.6 Å². The average molecular weight is 369 g/mol. The minimum atomic E-state index is -0.281. The molecule has 0 spiro atoms. The van der Waals surface area contributed by atoms with Crippen LogP contribution in [0.1, 0.15) is 5.56 Å². The Hall–Kier alpha value is -2.55. The van der Waals surface area contributed by atoms with Crippen LogP contribution in [0.3, 0.4) is 0 Å². The van der Waals surface area contributed by atoms with Crippen molar-refractivity contribution in [2.24, 2.45) is 0 Å². The largest absolute Gasteiger partial charge is 0.379 e. The van der Waals surface area contributed by atoms with Gasteiger partial charge in [0.25, 0.3) is 0 Å². The molecule has 1 fully saturated rings. The number of amides is 2. The lowest BCUT2D eigenvalue weighted by Gasteiger charge is -2.26. The monoisotopic (exact) mass is 369 g/mol. The summed E-state index contributed by atoms with van der Waals surface area (Å²) >= 11 is 1.16. The topological polar surface area (TPSA) is 79.4 Å². The van der Waals surface area contributed by atoms with Crippen LogP contribution in [0.25, 0.3) is 11.0 Å². The fourth-order valence-corrected chi connectivity index (χ4v) is 3.44. The first-order valence-corrected chi connectivity index (χ1v) is 9.19. The number of nitrogens with zero attached hydrogens (tertiary/aromatic N) is 3. The van der Waals surface area contributed by atoms with Gasteiger partial charge in [-0.3, -0.25) is 4.90 Å². The smallest absolute Gasteiger partial charge is 0.323 e. The first-order valence-electron chi connectivity index (χ1n) is 8.46. The second-order valence-corrected chi connectivity index (χ2v) is 6.66. The fourth-order valence-electron chi connectivity index (χ4n) is 2.92. The van der Waals surface area contributed by atoms with Gasteiger partial charge in [-0.05, 0) is 35.9 Å². The van der Waals surface area contributed by atoms with Crippen LogP contribution in [-0.4, -0.2) is 46.0 Å². The third-order valence-corrected chi connectivity index (χ3v) is 4.76. The first kappa shape index (κ1) is 16.9. The molecule has 2 N–H and O–H groups in total. The number of aromatic nitrogens is 2. The number of morpholine rings is 1. The van der Waals surface area contributed by atoms with E-state index in [2.05, 4.69) is 30.3 Å². The lowest BCUT2D eigenvalue weighted by atomic mass is 10.2. The van der Waals surface area contributed by atoms with Crippen LogP contribution in [0, 0.1) is 0 Å². The number of nitrogens with one attached hydrogen (secondary N) is 2. The molecule has 1 aliphatic rings. The molecule has 1 aliphatic heterocycles. The van der Waals surface area contributed by atoms with Gasteiger partial charge >= 0.3 is 6.03 Å². The molecule has 1 aromatic heterocycles. The molecule has 0 radical (unpaired) electrons. The van der Waals surface area contributed by atoms with E-state index in [1.54, 1.807) is 0 Å². The number of carbonyl (C=O) groups excluding carboxylic acids is 1. The summed E-state index contributed by atoms with van der Waals surface area (Å²) in [4.78, 5) is 14.6. The number of rotatable bonds is 4. The summed E-state index contributed by atoms with van der Waals surface area (Å²) < 4.78 is 13.7. The number of urea groups is 1. The van der Waals surface area contributed by atoms with Gasteiger partial charge in [-0.2, -0.15) is 8.75 Å². The van der Waals surface area contributed by atoms with Gasteiger partial charge in [-0.15, -0.1) is 0 Å². The van der Waals surface area contributed by atoms with Gasteiger partial charge in [0.1, 0.15) is 11.0 Å². The Bertz CT molecular complexity index is 907. The first-order chi connectivity index (χ1) is 12.8. The summed E-state index contributed by atoms with van der Waals surface area (Å²) in [5.41, 5.74) is 4.23. The number of hydrogen-bond acceptors (Lipinski definition) is 6. The van der Waals surface area contributed by atoms with Crippen LogP contribution in [0.15, 0.2) is 42.5 Å². The predicted molar refractivity (Wildman–Crippen MR) is 103 cm³/mol. The maximum Gasteiger partial charge on any atom is 0.323 e. The molecule has 0 bridgehead atoms. The third kappa shape index (κ3) is 4.16. The van der Waals surface area contributed by atoms with Gasteiger partial charge in [-0.1, -0.05) is 12.1 Å². The Morgan fingerprint density at radius 2 is 1.81 bits per heavy atom. The number of benzene rings is 2. The van der Waals surface area contributed by atoms with Crippen LogP contribution in [0.2, 0.25) is 0 Å². The molecular formula is C18H19N5O2S. The van der Waals surface area contributed by atoms with Crippen LogP contribution in [-0.2, 0) is 11.3 Å². The molecule has 26 heavy (non-hydrogen) atoms. The van der Waals surface area contributed by atoms with Gasteiger partial charge in [0, 0.05) is 31.0 Å². The second kappa shape index (κ2) is 7.77. The molecule has 2 heterocycles. The maximum atomic E-state index is 12.3. The normalized spacial score (nSPS) is 15.1. The van der Waals surface area contributed by atoms with Gasteiger partial charge < -0.3 is 15.4 Å². The summed E-state index contributed by atoms with van der Waals surface area (Å²) in [6.45, 7) is 4.28. The molecule has 2 amide bonds. The van der Waals surface area contributed by atoms with E-state index < -0.39 is 0 Å². The second-order valence-electron chi connectivity index (χ2n) is 6.14. The molecule has 1 saturated heterocycles. The van der Waals surface area contributed by atoms with Gasteiger partial charge in [-0.25, -0.2) is 4.79 Å². The minimum Gasteiger partial charge on any atom is -0.379 e. The highest BCUT2D eigenvalue weighted by atomic mass is 32.1. The van der Waals surface area contributed by atoms with Crippen molar-refractivity contribution < 1.29 is 9.53 Å². The molecule has 8 heteroatoms. The quantitative estimate of drug-likeness (QED) is 0.738. The zero-order valence-corrected chi connectivity index (χ0v) is 15.0. The van der Waals surface area contributed by atoms with Crippen LogP contribution in [0.4, 0.5) is 16.2 Å². The van der Waals surface area contributed by atoms with E-state index in [0.29, 0.717) is 5.69 Å². The lowest BCUT2D eigenvalue weighted by molar-refractivity contribution is 0.0342. The van der Waals surface area contributed by atoms with Crippen LogP contribution < -0.4 is 10.6 Å². The standard InChI is InChI=1S/C18H19N5O2S/c24-18(20-15-4-5-16-17(11-15)22-26-21-16)19-14-3-1-2-13(10-14)12-23-6-8-25-9-7-23/h1-5,10-11H,6-9,12H2,(H2,19,20,24). The molecule has 0 unspecified atom stereocenters. The molecule has 3 aromatic rings. The van der Waals surface area contributed by atoms with Crippen molar-refractivity contribution in [2.75, 3.05) is 36.9 Å². The number of hydrogen-bond donors (Lipinski definition) is 2. The van der Waals surface area contributed by atoms with Gasteiger partial charge in [0.2, 0.25) is 0 Å². The highest BCUT2D eigenvalue weighted by Crippen LogP contribution is 2.18. The number of ether oxygens (including phenoxy) is 1. The van der Waals surface area contributed by atoms with Crippen molar-refractivity contribution in [1.29, 1.82) is 0 Å². The van der Waals surface area contributed by atoms with E-state index in [9.17, 15) is 4.79 Å². The Kier molecular flexibility index (Phi) is 5.05. The Balaban J connectivity index is 1.38. The van der Waals surface area contributed by atoms with Gasteiger partial charge in [0.15, 0.2) is 0 Å². The van der Waals surface area contributed by atoms with Gasteiger partial charge in [0.05, 0.1) is 24.9 Å². The zero-order valence-electron chi connectivity index (χ0n) is 14.1. The molecule has 134 valence electrons. The SMILES string of the molecule is O=C(Nc1cccc(CN2CCOCC2)c1)Nc1ccc2nsnc2c1. The molecular weight excluding hydrogens is 350 g/mol. The maximum absolute atomic E-state index is 12.3. The molecule has 7 nitrogen and oxygen atoms in total. The molecule has 0 aliphatic carbocycles. The summed E-state index contributed by atoms with van der Waals surface area (Å²) in [5.74, 6) is 0. The highest BCUT2D eigenvalue weighted by Gasteiger charge is 2.11. The van der Waals surface area contributed by atoms with E-state index in [-0.39, 0.29) is 6.03 Å². The van der Waals surface area contributed by atoms with Crippen molar-refractivity contribution in [3.63, 3.8) is 0 Å². The molecule has 2 aromatic carbocycles. The fraction of sp³-hybridized carbons (Fsp3) is 0.278. The predicted octanol–water partition coefficient (Wildman–Crippen LogP) is 3.17. The lowest BCUT2D eigenvalue weighted by Crippen LogP contribution is -2.35. The van der Waals surface area contributed by atoms with E-state index in [0.717, 1.165) is 61.3 Å². The van der Waals surface area contributed by atoms with E-state index >= 15 is 0 Å². The van der Waals surface area contributed by atoms with E-state index in [4.69, 9.17) is 4.74 Å². The molecule has 0 atom stereocenters. The third-order valence-electron chi connectivity index (χ3n) is 4.21.